The van der Waals surface area contributed by atoms with Crippen LogP contribution in [-0.2, 0) is 0 Å². The molecule has 2 aromatic carbocycles. The number of methoxy groups -OCH3 is 1. The molecule has 0 radical (unpaired) electrons. The number of hydrogen-bond donors (Lipinski definition) is 0. The minimum Gasteiger partial charge on any atom is -0.497 e. The van der Waals surface area contributed by atoms with Crippen LogP contribution in [0, 0.1) is 13.8 Å². The zero-order valence-corrected chi connectivity index (χ0v) is 11.9. The third kappa shape index (κ3) is 2.96. The molecular formula is C16H15ClO2. The molecule has 0 fully saturated rings. The number of hydrogen-bond acceptors (Lipinski definition) is 2. The Morgan fingerprint density at radius 3 is 2.21 bits per heavy atom. The van der Waals surface area contributed by atoms with Gasteiger partial charge in [-0.1, -0.05) is 28.8 Å². The minimum atomic E-state index is -0.0700. The Bertz CT molecular complexity index is 612. The molecule has 0 spiro atoms. The molecule has 0 atom stereocenters. The lowest BCUT2D eigenvalue weighted by Gasteiger charge is -2.07. The van der Waals surface area contributed by atoms with Crippen LogP contribution in [0.1, 0.15) is 27.0 Å². The number of carbonyl (C=O) groups excluding carboxylic acids is 1. The number of rotatable bonds is 3. The summed E-state index contributed by atoms with van der Waals surface area (Å²) in [6.45, 7) is 3.94. The fourth-order valence-electron chi connectivity index (χ4n) is 2.07. The standard InChI is InChI=1S/C16H15ClO2/c1-10-6-11(2)8-12(7-10)16(18)14-5-4-13(19-3)9-15(14)17/h4-9H,1-3H3. The van der Waals surface area contributed by atoms with Gasteiger partial charge in [-0.25, -0.2) is 0 Å². The van der Waals surface area contributed by atoms with E-state index in [1.54, 1.807) is 25.3 Å². The lowest BCUT2D eigenvalue weighted by atomic mass is 9.99. The Morgan fingerprint density at radius 2 is 1.68 bits per heavy atom. The van der Waals surface area contributed by atoms with Gasteiger partial charge in [0.15, 0.2) is 5.78 Å². The van der Waals surface area contributed by atoms with Gasteiger partial charge in [-0.05, 0) is 44.2 Å². The van der Waals surface area contributed by atoms with Crippen LogP contribution in [0.15, 0.2) is 36.4 Å². The molecule has 0 aliphatic carbocycles. The van der Waals surface area contributed by atoms with E-state index >= 15 is 0 Å². The number of benzene rings is 2. The first-order chi connectivity index (χ1) is 9.01. The maximum Gasteiger partial charge on any atom is 0.194 e. The van der Waals surface area contributed by atoms with E-state index in [4.69, 9.17) is 16.3 Å². The van der Waals surface area contributed by atoms with E-state index in [0.717, 1.165) is 11.1 Å². The van der Waals surface area contributed by atoms with Gasteiger partial charge in [0.2, 0.25) is 0 Å². The van der Waals surface area contributed by atoms with Crippen LogP contribution in [0.4, 0.5) is 0 Å². The predicted octanol–water partition coefficient (Wildman–Crippen LogP) is 4.20. The first-order valence-electron chi connectivity index (χ1n) is 5.98. The third-order valence-electron chi connectivity index (χ3n) is 2.90. The molecule has 0 amide bonds. The normalized spacial score (nSPS) is 10.3. The fraction of sp³-hybridized carbons (Fsp3) is 0.188. The summed E-state index contributed by atoms with van der Waals surface area (Å²) in [5, 5.41) is 0.406. The van der Waals surface area contributed by atoms with Crippen LogP contribution < -0.4 is 4.74 Å². The fourth-order valence-corrected chi connectivity index (χ4v) is 2.32. The number of ether oxygens (including phenoxy) is 1. The molecule has 3 heteroatoms. The smallest absolute Gasteiger partial charge is 0.194 e. The second-order valence-corrected chi connectivity index (χ2v) is 4.96. The minimum absolute atomic E-state index is 0.0700. The molecular weight excluding hydrogens is 260 g/mol. The summed E-state index contributed by atoms with van der Waals surface area (Å²) in [6.07, 6.45) is 0. The van der Waals surface area contributed by atoms with Gasteiger partial charge >= 0.3 is 0 Å². The second-order valence-electron chi connectivity index (χ2n) is 4.55. The van der Waals surface area contributed by atoms with Crippen molar-refractivity contribution in [1.82, 2.24) is 0 Å². The highest BCUT2D eigenvalue weighted by Crippen LogP contribution is 2.25. The Balaban J connectivity index is 2.44. The Morgan fingerprint density at radius 1 is 1.05 bits per heavy atom. The Labute approximate surface area is 118 Å². The lowest BCUT2D eigenvalue weighted by molar-refractivity contribution is 0.103. The quantitative estimate of drug-likeness (QED) is 0.784. The highest BCUT2D eigenvalue weighted by molar-refractivity contribution is 6.35. The number of halogens is 1. The summed E-state index contributed by atoms with van der Waals surface area (Å²) in [6, 6.07) is 10.9. The highest BCUT2D eigenvalue weighted by Gasteiger charge is 2.14. The van der Waals surface area contributed by atoms with Gasteiger partial charge < -0.3 is 4.74 Å². The van der Waals surface area contributed by atoms with Crippen LogP contribution in [0.5, 0.6) is 5.75 Å². The van der Waals surface area contributed by atoms with E-state index in [1.165, 1.54) is 0 Å². The van der Waals surface area contributed by atoms with Crippen molar-refractivity contribution in [3.8, 4) is 5.75 Å². The predicted molar refractivity (Wildman–Crippen MR) is 77.4 cm³/mol. The molecule has 2 nitrogen and oxygen atoms in total. The molecule has 0 N–H and O–H groups in total. The van der Waals surface area contributed by atoms with E-state index in [1.807, 2.05) is 32.0 Å². The van der Waals surface area contributed by atoms with Crippen LogP contribution >= 0.6 is 11.6 Å². The van der Waals surface area contributed by atoms with Crippen LogP contribution in [0.25, 0.3) is 0 Å². The van der Waals surface area contributed by atoms with Gasteiger partial charge in [0.25, 0.3) is 0 Å². The van der Waals surface area contributed by atoms with Gasteiger partial charge in [-0.3, -0.25) is 4.79 Å². The maximum atomic E-state index is 12.4. The summed E-state index contributed by atoms with van der Waals surface area (Å²) in [5.74, 6) is 0.571. The number of carbonyl (C=O) groups is 1. The summed E-state index contributed by atoms with van der Waals surface area (Å²) >= 11 is 6.13. The van der Waals surface area contributed by atoms with Crippen LogP contribution in [0.3, 0.4) is 0 Å². The van der Waals surface area contributed by atoms with E-state index in [0.29, 0.717) is 21.9 Å². The molecule has 2 rings (SSSR count). The molecule has 0 aliphatic heterocycles. The first-order valence-corrected chi connectivity index (χ1v) is 6.35. The van der Waals surface area contributed by atoms with Crippen molar-refractivity contribution in [3.05, 3.63) is 63.7 Å². The summed E-state index contributed by atoms with van der Waals surface area (Å²) in [4.78, 5) is 12.4. The van der Waals surface area contributed by atoms with Crippen LogP contribution in [-0.4, -0.2) is 12.9 Å². The SMILES string of the molecule is COc1ccc(C(=O)c2cc(C)cc(C)c2)c(Cl)c1. The summed E-state index contributed by atoms with van der Waals surface area (Å²) in [5.41, 5.74) is 3.28. The summed E-state index contributed by atoms with van der Waals surface area (Å²) < 4.78 is 5.08. The molecule has 19 heavy (non-hydrogen) atoms. The van der Waals surface area contributed by atoms with E-state index < -0.39 is 0 Å². The molecule has 0 aromatic heterocycles. The maximum absolute atomic E-state index is 12.4. The zero-order valence-electron chi connectivity index (χ0n) is 11.2. The lowest BCUT2D eigenvalue weighted by Crippen LogP contribution is -2.03. The molecule has 98 valence electrons. The molecule has 0 saturated heterocycles. The van der Waals surface area contributed by atoms with E-state index in [2.05, 4.69) is 0 Å². The van der Waals surface area contributed by atoms with Crippen LogP contribution in [0.2, 0.25) is 5.02 Å². The average Bonchev–Trinajstić information content (AvgIpc) is 2.36. The van der Waals surface area contributed by atoms with Crippen molar-refractivity contribution in [2.75, 3.05) is 7.11 Å². The average molecular weight is 275 g/mol. The summed E-state index contributed by atoms with van der Waals surface area (Å²) in [7, 11) is 1.57. The topological polar surface area (TPSA) is 26.3 Å². The van der Waals surface area contributed by atoms with Crippen molar-refractivity contribution in [2.24, 2.45) is 0 Å². The molecule has 0 saturated carbocycles. The van der Waals surface area contributed by atoms with E-state index in [-0.39, 0.29) is 5.78 Å². The zero-order chi connectivity index (χ0) is 14.0. The first kappa shape index (κ1) is 13.6. The van der Waals surface area contributed by atoms with Crippen molar-refractivity contribution >= 4 is 17.4 Å². The number of ketones is 1. The molecule has 0 heterocycles. The Hall–Kier alpha value is -1.80. The molecule has 2 aromatic rings. The van der Waals surface area contributed by atoms with Crippen molar-refractivity contribution < 1.29 is 9.53 Å². The molecule has 0 unspecified atom stereocenters. The van der Waals surface area contributed by atoms with Gasteiger partial charge in [0, 0.05) is 11.1 Å². The number of aryl methyl sites for hydroxylation is 2. The molecule has 0 bridgehead atoms. The monoisotopic (exact) mass is 274 g/mol. The largest absolute Gasteiger partial charge is 0.497 e. The van der Waals surface area contributed by atoms with Crippen molar-refractivity contribution in [3.63, 3.8) is 0 Å². The Kier molecular flexibility index (Phi) is 3.91. The van der Waals surface area contributed by atoms with E-state index in [9.17, 15) is 4.79 Å². The van der Waals surface area contributed by atoms with Gasteiger partial charge in [-0.2, -0.15) is 0 Å². The van der Waals surface area contributed by atoms with Gasteiger partial charge in [0.05, 0.1) is 12.1 Å². The second kappa shape index (κ2) is 5.45. The van der Waals surface area contributed by atoms with Crippen molar-refractivity contribution in [2.45, 2.75) is 13.8 Å². The van der Waals surface area contributed by atoms with Crippen molar-refractivity contribution in [1.29, 1.82) is 0 Å². The molecule has 0 aliphatic rings. The van der Waals surface area contributed by atoms with Gasteiger partial charge in [-0.15, -0.1) is 0 Å². The van der Waals surface area contributed by atoms with Gasteiger partial charge in [0.1, 0.15) is 5.75 Å². The third-order valence-corrected chi connectivity index (χ3v) is 3.22. The highest BCUT2D eigenvalue weighted by atomic mass is 35.5.